The van der Waals surface area contributed by atoms with Crippen molar-refractivity contribution in [3.05, 3.63) is 18.0 Å². The summed E-state index contributed by atoms with van der Waals surface area (Å²) in [6, 6.07) is 2.40. The molecule has 2 rings (SSSR count). The van der Waals surface area contributed by atoms with E-state index in [1.807, 2.05) is 17.9 Å². The highest BCUT2D eigenvalue weighted by atomic mass is 35.5. The summed E-state index contributed by atoms with van der Waals surface area (Å²) < 4.78 is 1.94. The molecular weight excluding hydrogens is 224 g/mol. The van der Waals surface area contributed by atoms with E-state index in [-0.39, 0.29) is 12.4 Å². The maximum Gasteiger partial charge on any atom is 0.0521 e. The van der Waals surface area contributed by atoms with Crippen molar-refractivity contribution in [1.82, 2.24) is 14.7 Å². The first-order chi connectivity index (χ1) is 7.16. The molecule has 2 atom stereocenters. The van der Waals surface area contributed by atoms with Gasteiger partial charge >= 0.3 is 0 Å². The van der Waals surface area contributed by atoms with E-state index >= 15 is 0 Å². The van der Waals surface area contributed by atoms with Crippen molar-refractivity contribution in [3.63, 3.8) is 0 Å². The summed E-state index contributed by atoms with van der Waals surface area (Å²) in [6.07, 6.45) is 3.09. The molecule has 0 aromatic carbocycles. The number of rotatable bonds is 3. The molecule has 0 saturated carbocycles. The maximum atomic E-state index is 5.92. The van der Waals surface area contributed by atoms with Crippen LogP contribution in [0.5, 0.6) is 0 Å². The molecule has 2 N–H and O–H groups in total. The third-order valence-corrected chi connectivity index (χ3v) is 3.36. The van der Waals surface area contributed by atoms with Crippen LogP contribution in [0.4, 0.5) is 0 Å². The Morgan fingerprint density at radius 3 is 2.88 bits per heavy atom. The molecule has 0 bridgehead atoms. The van der Waals surface area contributed by atoms with Gasteiger partial charge in [0, 0.05) is 32.4 Å². The third kappa shape index (κ3) is 2.97. The van der Waals surface area contributed by atoms with Gasteiger partial charge < -0.3 is 5.73 Å². The minimum Gasteiger partial charge on any atom is -0.328 e. The number of halogens is 1. The predicted octanol–water partition coefficient (Wildman–Crippen LogP) is 1.01. The Labute approximate surface area is 103 Å². The second-order valence-electron chi connectivity index (χ2n) is 4.59. The van der Waals surface area contributed by atoms with E-state index in [2.05, 4.69) is 23.0 Å². The molecule has 5 heteroatoms. The van der Waals surface area contributed by atoms with E-state index in [4.69, 9.17) is 5.73 Å². The maximum absolute atomic E-state index is 5.92. The Morgan fingerprint density at radius 2 is 2.38 bits per heavy atom. The second kappa shape index (κ2) is 5.66. The van der Waals surface area contributed by atoms with Crippen molar-refractivity contribution in [2.75, 3.05) is 13.1 Å². The lowest BCUT2D eigenvalue weighted by Gasteiger charge is -2.17. The summed E-state index contributed by atoms with van der Waals surface area (Å²) in [4.78, 5) is 2.46. The molecule has 1 fully saturated rings. The van der Waals surface area contributed by atoms with Crippen molar-refractivity contribution in [2.45, 2.75) is 25.9 Å². The molecule has 1 aromatic rings. The van der Waals surface area contributed by atoms with Gasteiger partial charge in [0.05, 0.1) is 5.69 Å². The van der Waals surface area contributed by atoms with E-state index in [1.165, 1.54) is 12.1 Å². The van der Waals surface area contributed by atoms with Crippen molar-refractivity contribution in [1.29, 1.82) is 0 Å². The Balaban J connectivity index is 0.00000128. The van der Waals surface area contributed by atoms with E-state index in [0.29, 0.717) is 12.0 Å². The highest BCUT2D eigenvalue weighted by molar-refractivity contribution is 5.85. The van der Waals surface area contributed by atoms with Gasteiger partial charge in [0.1, 0.15) is 0 Å². The lowest BCUT2D eigenvalue weighted by Crippen LogP contribution is -2.29. The van der Waals surface area contributed by atoms with Crippen LogP contribution in [0.15, 0.2) is 12.3 Å². The topological polar surface area (TPSA) is 47.1 Å². The third-order valence-electron chi connectivity index (χ3n) is 3.36. The number of aromatic nitrogens is 2. The largest absolute Gasteiger partial charge is 0.328 e. The first kappa shape index (κ1) is 13.5. The summed E-state index contributed by atoms with van der Waals surface area (Å²) in [6.45, 7) is 5.40. The van der Waals surface area contributed by atoms with E-state index in [0.717, 1.165) is 19.6 Å². The fraction of sp³-hybridized carbons (Fsp3) is 0.727. The lowest BCUT2D eigenvalue weighted by molar-refractivity contribution is 0.300. The van der Waals surface area contributed by atoms with Crippen LogP contribution in [0.2, 0.25) is 0 Å². The minimum absolute atomic E-state index is 0. The molecule has 2 heterocycles. The van der Waals surface area contributed by atoms with E-state index in [1.54, 1.807) is 0 Å². The number of hydrogen-bond acceptors (Lipinski definition) is 3. The van der Waals surface area contributed by atoms with Gasteiger partial charge in [-0.1, -0.05) is 0 Å². The van der Waals surface area contributed by atoms with Crippen molar-refractivity contribution in [2.24, 2.45) is 18.7 Å². The molecular formula is C11H21ClN4. The van der Waals surface area contributed by atoms with E-state index in [9.17, 15) is 0 Å². The monoisotopic (exact) mass is 244 g/mol. The first-order valence-electron chi connectivity index (χ1n) is 5.61. The van der Waals surface area contributed by atoms with Crippen LogP contribution in [0.25, 0.3) is 0 Å². The van der Waals surface area contributed by atoms with Gasteiger partial charge in [-0.05, 0) is 31.9 Å². The van der Waals surface area contributed by atoms with Gasteiger partial charge in [0.15, 0.2) is 0 Å². The van der Waals surface area contributed by atoms with E-state index < -0.39 is 0 Å². The molecule has 0 spiro atoms. The summed E-state index contributed by atoms with van der Waals surface area (Å²) in [7, 11) is 1.99. The van der Waals surface area contributed by atoms with Crippen LogP contribution in [0.3, 0.4) is 0 Å². The summed E-state index contributed by atoms with van der Waals surface area (Å²) >= 11 is 0. The molecule has 1 aliphatic rings. The number of hydrogen-bond donors (Lipinski definition) is 1. The predicted molar refractivity (Wildman–Crippen MR) is 67.5 cm³/mol. The number of aryl methyl sites for hydroxylation is 1. The average Bonchev–Trinajstić information content (AvgIpc) is 2.77. The number of likely N-dealkylation sites (tertiary alicyclic amines) is 1. The molecule has 0 amide bonds. The fourth-order valence-corrected chi connectivity index (χ4v) is 2.22. The molecule has 92 valence electrons. The van der Waals surface area contributed by atoms with Crippen LogP contribution >= 0.6 is 12.4 Å². The van der Waals surface area contributed by atoms with Crippen molar-refractivity contribution < 1.29 is 0 Å². The molecule has 1 saturated heterocycles. The van der Waals surface area contributed by atoms with Crippen LogP contribution in [-0.4, -0.2) is 33.8 Å². The Kier molecular flexibility index (Phi) is 4.77. The van der Waals surface area contributed by atoms with Crippen molar-refractivity contribution in [3.8, 4) is 0 Å². The number of nitrogens with two attached hydrogens (primary N) is 1. The van der Waals surface area contributed by atoms with Crippen LogP contribution in [0.1, 0.15) is 19.0 Å². The van der Waals surface area contributed by atoms with Gasteiger partial charge in [0.25, 0.3) is 0 Å². The zero-order chi connectivity index (χ0) is 10.8. The van der Waals surface area contributed by atoms with Gasteiger partial charge in [-0.2, -0.15) is 5.10 Å². The molecule has 0 aliphatic carbocycles. The van der Waals surface area contributed by atoms with Gasteiger partial charge in [-0.3, -0.25) is 9.58 Å². The molecule has 1 aliphatic heterocycles. The Morgan fingerprint density at radius 1 is 1.62 bits per heavy atom. The molecule has 4 nitrogen and oxygen atoms in total. The first-order valence-corrected chi connectivity index (χ1v) is 5.61. The SMILES string of the molecule is CC(N)C1CCN(Cc2ccnn2C)C1.Cl. The summed E-state index contributed by atoms with van der Waals surface area (Å²) in [5.74, 6) is 0.665. The fourth-order valence-electron chi connectivity index (χ4n) is 2.22. The molecule has 0 radical (unpaired) electrons. The Hall–Kier alpha value is -0.580. The van der Waals surface area contributed by atoms with Crippen LogP contribution in [-0.2, 0) is 13.6 Å². The smallest absolute Gasteiger partial charge is 0.0521 e. The molecule has 1 aromatic heterocycles. The Bertz CT molecular complexity index is 324. The zero-order valence-electron chi connectivity index (χ0n) is 9.97. The summed E-state index contributed by atoms with van der Waals surface area (Å²) in [5.41, 5.74) is 7.20. The zero-order valence-corrected chi connectivity index (χ0v) is 10.8. The summed E-state index contributed by atoms with van der Waals surface area (Å²) in [5, 5.41) is 4.18. The molecule has 16 heavy (non-hydrogen) atoms. The minimum atomic E-state index is 0. The second-order valence-corrected chi connectivity index (χ2v) is 4.59. The van der Waals surface area contributed by atoms with Gasteiger partial charge in [-0.25, -0.2) is 0 Å². The highest BCUT2D eigenvalue weighted by Crippen LogP contribution is 2.20. The highest BCUT2D eigenvalue weighted by Gasteiger charge is 2.25. The molecule has 2 unspecified atom stereocenters. The standard InChI is InChI=1S/C11H20N4.ClH/c1-9(12)10-4-6-15(7-10)8-11-3-5-13-14(11)2;/h3,5,9-10H,4,6-8,12H2,1-2H3;1H. The van der Waals surface area contributed by atoms with Gasteiger partial charge in [-0.15, -0.1) is 12.4 Å². The average molecular weight is 245 g/mol. The van der Waals surface area contributed by atoms with Gasteiger partial charge in [0.2, 0.25) is 0 Å². The normalized spacial score (nSPS) is 23.1. The van der Waals surface area contributed by atoms with Crippen molar-refractivity contribution >= 4 is 12.4 Å². The lowest BCUT2D eigenvalue weighted by atomic mass is 10.0. The van der Waals surface area contributed by atoms with Crippen LogP contribution in [0, 0.1) is 5.92 Å². The number of nitrogens with zero attached hydrogens (tertiary/aromatic N) is 3. The quantitative estimate of drug-likeness (QED) is 0.864. The van der Waals surface area contributed by atoms with Crippen LogP contribution < -0.4 is 5.73 Å².